The van der Waals surface area contributed by atoms with Crippen LogP contribution in [-0.2, 0) is 6.54 Å². The quantitative estimate of drug-likeness (QED) is 0.749. The van der Waals surface area contributed by atoms with Gasteiger partial charge in [0.05, 0.1) is 11.4 Å². The second-order valence-electron chi connectivity index (χ2n) is 7.04. The van der Waals surface area contributed by atoms with Crippen LogP contribution in [0, 0.1) is 19.8 Å². The fourth-order valence-electron chi connectivity index (χ4n) is 3.42. The molecule has 1 saturated carbocycles. The van der Waals surface area contributed by atoms with E-state index in [-0.39, 0.29) is 18.8 Å². The monoisotopic (exact) mass is 380 g/mol. The standard InChI is InChI=1S/C19H23ClF2N4/c1-12-10-16(6-9-23-12)24-14(3)17-13(2)18(20)25-26(17)11-15-4-7-19(21,22)8-5-15/h6,9-10,15H,3-5,7-8,11H2,1-2H3,(H,23,24). The van der Waals surface area contributed by atoms with Crippen molar-refractivity contribution >= 4 is 23.0 Å². The van der Waals surface area contributed by atoms with Gasteiger partial charge in [-0.2, -0.15) is 5.10 Å². The van der Waals surface area contributed by atoms with Gasteiger partial charge in [-0.25, -0.2) is 8.78 Å². The number of anilines is 1. The molecule has 7 heteroatoms. The summed E-state index contributed by atoms with van der Waals surface area (Å²) < 4.78 is 28.6. The lowest BCUT2D eigenvalue weighted by molar-refractivity contribution is -0.0476. The molecule has 4 nitrogen and oxygen atoms in total. The van der Waals surface area contributed by atoms with Gasteiger partial charge in [-0.1, -0.05) is 18.2 Å². The highest BCUT2D eigenvalue weighted by Crippen LogP contribution is 2.37. The average molecular weight is 381 g/mol. The molecular formula is C19H23ClF2N4. The van der Waals surface area contributed by atoms with E-state index in [0.29, 0.717) is 30.2 Å². The van der Waals surface area contributed by atoms with Crippen LogP contribution in [0.4, 0.5) is 14.5 Å². The van der Waals surface area contributed by atoms with Crippen molar-refractivity contribution in [1.29, 1.82) is 0 Å². The summed E-state index contributed by atoms with van der Waals surface area (Å²) in [4.78, 5) is 4.18. The number of halogens is 3. The molecule has 1 fully saturated rings. The Labute approximate surface area is 157 Å². The van der Waals surface area contributed by atoms with Crippen molar-refractivity contribution in [2.75, 3.05) is 5.32 Å². The molecule has 0 unspecified atom stereocenters. The number of nitrogens with zero attached hydrogens (tertiary/aromatic N) is 3. The number of aryl methyl sites for hydroxylation is 1. The van der Waals surface area contributed by atoms with Gasteiger partial charge in [0.1, 0.15) is 0 Å². The predicted octanol–water partition coefficient (Wildman–Crippen LogP) is 5.46. The van der Waals surface area contributed by atoms with Crippen molar-refractivity contribution in [1.82, 2.24) is 14.8 Å². The number of pyridine rings is 1. The van der Waals surface area contributed by atoms with Crippen LogP contribution >= 0.6 is 11.6 Å². The zero-order valence-electron chi connectivity index (χ0n) is 15.0. The van der Waals surface area contributed by atoms with Gasteiger partial charge >= 0.3 is 0 Å². The fraction of sp³-hybridized carbons (Fsp3) is 0.474. The minimum Gasteiger partial charge on any atom is -0.354 e. The maximum absolute atomic E-state index is 13.4. The molecule has 1 aliphatic carbocycles. The lowest BCUT2D eigenvalue weighted by Gasteiger charge is -2.28. The summed E-state index contributed by atoms with van der Waals surface area (Å²) >= 11 is 6.24. The second-order valence-corrected chi connectivity index (χ2v) is 7.39. The van der Waals surface area contributed by atoms with E-state index in [1.165, 1.54) is 0 Å². The fourth-order valence-corrected chi connectivity index (χ4v) is 3.60. The van der Waals surface area contributed by atoms with E-state index in [2.05, 4.69) is 22.0 Å². The van der Waals surface area contributed by atoms with Crippen LogP contribution in [0.25, 0.3) is 5.70 Å². The predicted molar refractivity (Wildman–Crippen MR) is 101 cm³/mol. The molecule has 2 aromatic heterocycles. The van der Waals surface area contributed by atoms with Crippen molar-refractivity contribution in [3.63, 3.8) is 0 Å². The topological polar surface area (TPSA) is 42.7 Å². The Morgan fingerprint density at radius 3 is 2.73 bits per heavy atom. The van der Waals surface area contributed by atoms with Crippen molar-refractivity contribution in [2.24, 2.45) is 5.92 Å². The maximum Gasteiger partial charge on any atom is 0.248 e. The normalized spacial score (nSPS) is 17.3. The third-order valence-corrected chi connectivity index (χ3v) is 5.24. The Balaban J connectivity index is 1.78. The van der Waals surface area contributed by atoms with E-state index in [4.69, 9.17) is 11.6 Å². The van der Waals surface area contributed by atoms with E-state index < -0.39 is 5.92 Å². The van der Waals surface area contributed by atoms with E-state index in [1.807, 2.05) is 26.0 Å². The van der Waals surface area contributed by atoms with Crippen LogP contribution in [0.1, 0.15) is 42.6 Å². The van der Waals surface area contributed by atoms with E-state index >= 15 is 0 Å². The van der Waals surface area contributed by atoms with Gasteiger partial charge in [0.2, 0.25) is 5.92 Å². The van der Waals surface area contributed by atoms with E-state index in [9.17, 15) is 8.78 Å². The van der Waals surface area contributed by atoms with Crippen molar-refractivity contribution in [3.05, 3.63) is 47.0 Å². The number of aromatic nitrogens is 3. The summed E-state index contributed by atoms with van der Waals surface area (Å²) in [7, 11) is 0. The van der Waals surface area contributed by atoms with Gasteiger partial charge < -0.3 is 5.32 Å². The minimum atomic E-state index is -2.53. The highest BCUT2D eigenvalue weighted by molar-refractivity contribution is 6.30. The lowest BCUT2D eigenvalue weighted by atomic mass is 9.87. The molecule has 0 bridgehead atoms. The highest BCUT2D eigenvalue weighted by Gasteiger charge is 2.35. The Hall–Kier alpha value is -1.95. The molecule has 0 atom stereocenters. The zero-order valence-corrected chi connectivity index (χ0v) is 15.8. The Kier molecular flexibility index (Phi) is 5.32. The van der Waals surface area contributed by atoms with Gasteiger partial charge in [0.25, 0.3) is 0 Å². The molecular weight excluding hydrogens is 358 g/mol. The lowest BCUT2D eigenvalue weighted by Crippen LogP contribution is -2.27. The number of hydrogen-bond acceptors (Lipinski definition) is 3. The molecule has 0 aliphatic heterocycles. The van der Waals surface area contributed by atoms with Crippen LogP contribution in [-0.4, -0.2) is 20.7 Å². The summed E-state index contributed by atoms with van der Waals surface area (Å²) in [6, 6.07) is 3.78. The third kappa shape index (κ3) is 4.23. The van der Waals surface area contributed by atoms with Gasteiger partial charge in [0.15, 0.2) is 5.15 Å². The maximum atomic E-state index is 13.4. The van der Waals surface area contributed by atoms with Crippen LogP contribution in [0.3, 0.4) is 0 Å². The molecule has 1 N–H and O–H groups in total. The molecule has 1 aliphatic rings. The Morgan fingerprint density at radius 1 is 1.38 bits per heavy atom. The molecule has 0 radical (unpaired) electrons. The van der Waals surface area contributed by atoms with Crippen molar-refractivity contribution in [3.8, 4) is 0 Å². The highest BCUT2D eigenvalue weighted by atomic mass is 35.5. The summed E-state index contributed by atoms with van der Waals surface area (Å²) in [6.07, 6.45) is 2.59. The second kappa shape index (κ2) is 7.35. The van der Waals surface area contributed by atoms with Crippen molar-refractivity contribution in [2.45, 2.75) is 52.0 Å². The largest absolute Gasteiger partial charge is 0.354 e. The minimum absolute atomic E-state index is 0.0591. The smallest absolute Gasteiger partial charge is 0.248 e. The molecule has 2 heterocycles. The molecule has 0 spiro atoms. The van der Waals surface area contributed by atoms with E-state index in [0.717, 1.165) is 22.6 Å². The van der Waals surface area contributed by atoms with Gasteiger partial charge in [0, 0.05) is 42.5 Å². The molecule has 26 heavy (non-hydrogen) atoms. The van der Waals surface area contributed by atoms with Gasteiger partial charge in [-0.05, 0) is 44.7 Å². The summed E-state index contributed by atoms with van der Waals surface area (Å²) in [5.41, 5.74) is 4.09. The van der Waals surface area contributed by atoms with E-state index in [1.54, 1.807) is 10.9 Å². The Bertz CT molecular complexity index is 806. The number of hydrogen-bond donors (Lipinski definition) is 1. The third-order valence-electron chi connectivity index (χ3n) is 4.88. The first kappa shape index (κ1) is 18.8. The zero-order chi connectivity index (χ0) is 18.9. The number of alkyl halides is 2. The number of rotatable bonds is 5. The van der Waals surface area contributed by atoms with Crippen LogP contribution < -0.4 is 5.32 Å². The summed E-state index contributed by atoms with van der Waals surface area (Å²) in [6.45, 7) is 8.50. The van der Waals surface area contributed by atoms with Crippen LogP contribution in [0.5, 0.6) is 0 Å². The molecule has 0 amide bonds. The molecule has 140 valence electrons. The molecule has 0 saturated heterocycles. The molecule has 3 rings (SSSR count). The summed E-state index contributed by atoms with van der Waals surface area (Å²) in [5.74, 6) is -2.36. The van der Waals surface area contributed by atoms with Gasteiger partial charge in [-0.3, -0.25) is 9.67 Å². The SMILES string of the molecule is C=C(Nc1ccnc(C)c1)c1c(C)c(Cl)nn1CC1CCC(F)(F)CC1. The van der Waals surface area contributed by atoms with Crippen molar-refractivity contribution < 1.29 is 8.78 Å². The Morgan fingerprint density at radius 2 is 2.08 bits per heavy atom. The first-order valence-corrected chi connectivity index (χ1v) is 9.12. The van der Waals surface area contributed by atoms with Crippen LogP contribution in [0.2, 0.25) is 5.15 Å². The molecule has 0 aromatic carbocycles. The first-order valence-electron chi connectivity index (χ1n) is 8.75. The van der Waals surface area contributed by atoms with Crippen LogP contribution in [0.15, 0.2) is 24.9 Å². The first-order chi connectivity index (χ1) is 12.2. The average Bonchev–Trinajstić information content (AvgIpc) is 2.84. The molecule has 2 aromatic rings. The van der Waals surface area contributed by atoms with Gasteiger partial charge in [-0.15, -0.1) is 0 Å². The summed E-state index contributed by atoms with van der Waals surface area (Å²) in [5, 5.41) is 8.08. The number of nitrogens with one attached hydrogen (secondary N) is 1.